The van der Waals surface area contributed by atoms with Crippen LogP contribution in [-0.4, -0.2) is 12.4 Å². The van der Waals surface area contributed by atoms with E-state index in [1.54, 1.807) is 0 Å². The topological polar surface area (TPSA) is 26.3 Å². The molecule has 1 aromatic carbocycles. The van der Waals surface area contributed by atoms with E-state index in [1.807, 2.05) is 31.2 Å². The Labute approximate surface area is 92.4 Å². The molecule has 0 unspecified atom stereocenters. The quantitative estimate of drug-likeness (QED) is 0.598. The second-order valence-corrected chi connectivity index (χ2v) is 3.54. The van der Waals surface area contributed by atoms with Gasteiger partial charge in [-0.05, 0) is 24.1 Å². The molecule has 0 aliphatic heterocycles. The first kappa shape index (κ1) is 11.2. The van der Waals surface area contributed by atoms with Gasteiger partial charge in [-0.15, -0.1) is 0 Å². The van der Waals surface area contributed by atoms with Gasteiger partial charge in [0.05, 0.1) is 0 Å². The number of alkyl halides is 1. The van der Waals surface area contributed by atoms with Gasteiger partial charge in [0.15, 0.2) is 12.4 Å². The van der Waals surface area contributed by atoms with E-state index in [4.69, 9.17) is 4.74 Å². The van der Waals surface area contributed by atoms with Crippen LogP contribution in [0.5, 0.6) is 5.75 Å². The number of aldehydes is 1. The van der Waals surface area contributed by atoms with E-state index in [0.29, 0.717) is 6.42 Å². The molecule has 3 heteroatoms. The summed E-state index contributed by atoms with van der Waals surface area (Å²) in [4.78, 5) is 10.6. The van der Waals surface area contributed by atoms with Crippen molar-refractivity contribution in [3.05, 3.63) is 29.8 Å². The average Bonchev–Trinajstić information content (AvgIpc) is 2.26. The van der Waals surface area contributed by atoms with Gasteiger partial charge in [-0.3, -0.25) is 4.79 Å². The smallest absolute Gasteiger partial charge is 0.160 e. The van der Waals surface area contributed by atoms with E-state index in [0.717, 1.165) is 22.9 Å². The molecule has 0 aliphatic carbocycles. The number of halogens is 1. The normalized spacial score (nSPS) is 12.1. The van der Waals surface area contributed by atoms with Gasteiger partial charge in [0, 0.05) is 5.33 Å². The Hall–Kier alpha value is -0.830. The van der Waals surface area contributed by atoms with Crippen LogP contribution in [0.1, 0.15) is 18.9 Å². The molecule has 0 bridgehead atoms. The number of hydrogen-bond acceptors (Lipinski definition) is 2. The lowest BCUT2D eigenvalue weighted by Gasteiger charge is -2.11. The molecule has 0 N–H and O–H groups in total. The Balaban J connectivity index is 2.70. The van der Waals surface area contributed by atoms with Crippen LogP contribution in [0.3, 0.4) is 0 Å². The molecule has 0 amide bonds. The summed E-state index contributed by atoms with van der Waals surface area (Å²) in [6, 6.07) is 7.71. The Bertz CT molecular complexity index is 299. The Kier molecular flexibility index (Phi) is 4.66. The summed E-state index contributed by atoms with van der Waals surface area (Å²) in [6.45, 7) is 1.92. The van der Waals surface area contributed by atoms with Gasteiger partial charge in [0.25, 0.3) is 0 Å². The summed E-state index contributed by atoms with van der Waals surface area (Å²) in [5.74, 6) is 0.751. The summed E-state index contributed by atoms with van der Waals surface area (Å²) >= 11 is 3.37. The van der Waals surface area contributed by atoms with Gasteiger partial charge in [0.1, 0.15) is 5.75 Å². The molecule has 0 aliphatic rings. The third kappa shape index (κ3) is 3.14. The van der Waals surface area contributed by atoms with Crippen LogP contribution in [0.15, 0.2) is 24.3 Å². The average molecular weight is 257 g/mol. The van der Waals surface area contributed by atoms with E-state index in [1.165, 1.54) is 0 Å². The lowest BCUT2D eigenvalue weighted by molar-refractivity contribution is -0.113. The van der Waals surface area contributed by atoms with Crippen molar-refractivity contribution in [1.82, 2.24) is 0 Å². The second-order valence-electron chi connectivity index (χ2n) is 2.98. The zero-order valence-corrected chi connectivity index (χ0v) is 9.66. The van der Waals surface area contributed by atoms with Gasteiger partial charge in [-0.1, -0.05) is 35.0 Å². The van der Waals surface area contributed by atoms with Gasteiger partial charge < -0.3 is 4.74 Å². The summed E-state index contributed by atoms with van der Waals surface area (Å²) in [5.41, 5.74) is 1.14. The van der Waals surface area contributed by atoms with Crippen molar-refractivity contribution in [2.45, 2.75) is 24.8 Å². The van der Waals surface area contributed by atoms with Crippen molar-refractivity contribution < 1.29 is 9.53 Å². The fourth-order valence-electron chi connectivity index (χ4n) is 1.08. The molecular weight excluding hydrogens is 244 g/mol. The SMILES string of the molecule is CC[C@@H](C=O)Oc1cccc(CBr)c1. The number of ether oxygens (including phenoxy) is 1. The molecule has 0 radical (unpaired) electrons. The zero-order chi connectivity index (χ0) is 10.4. The maximum Gasteiger partial charge on any atom is 0.160 e. The summed E-state index contributed by atoms with van der Waals surface area (Å²) < 4.78 is 5.47. The molecule has 1 aromatic rings. The van der Waals surface area contributed by atoms with Crippen molar-refractivity contribution in [1.29, 1.82) is 0 Å². The molecule has 2 nitrogen and oxygen atoms in total. The minimum Gasteiger partial charge on any atom is -0.483 e. The third-order valence-corrected chi connectivity index (χ3v) is 2.54. The summed E-state index contributed by atoms with van der Waals surface area (Å²) in [6.07, 6.45) is 1.20. The molecule has 0 fully saturated rings. The highest BCUT2D eigenvalue weighted by atomic mass is 79.9. The highest BCUT2D eigenvalue weighted by Gasteiger charge is 2.05. The molecule has 1 rings (SSSR count). The molecule has 0 heterocycles. The van der Waals surface area contributed by atoms with Crippen molar-refractivity contribution >= 4 is 22.2 Å². The van der Waals surface area contributed by atoms with Gasteiger partial charge >= 0.3 is 0 Å². The lowest BCUT2D eigenvalue weighted by Crippen LogP contribution is -2.16. The molecule has 0 spiro atoms. The minimum absolute atomic E-state index is 0.333. The molecule has 1 atom stereocenters. The Morgan fingerprint density at radius 2 is 2.36 bits per heavy atom. The Morgan fingerprint density at radius 3 is 2.93 bits per heavy atom. The van der Waals surface area contributed by atoms with E-state index in [-0.39, 0.29) is 6.10 Å². The molecule has 76 valence electrons. The highest BCUT2D eigenvalue weighted by Crippen LogP contribution is 2.16. The number of carbonyl (C=O) groups is 1. The van der Waals surface area contributed by atoms with E-state index in [9.17, 15) is 4.79 Å². The molecule has 0 saturated carbocycles. The van der Waals surface area contributed by atoms with E-state index < -0.39 is 0 Å². The first-order chi connectivity index (χ1) is 6.80. The fraction of sp³-hybridized carbons (Fsp3) is 0.364. The number of hydrogen-bond donors (Lipinski definition) is 0. The highest BCUT2D eigenvalue weighted by molar-refractivity contribution is 9.08. The fourth-order valence-corrected chi connectivity index (χ4v) is 1.43. The van der Waals surface area contributed by atoms with Gasteiger partial charge in [0.2, 0.25) is 0 Å². The molecule has 14 heavy (non-hydrogen) atoms. The van der Waals surface area contributed by atoms with E-state index in [2.05, 4.69) is 15.9 Å². The summed E-state index contributed by atoms with van der Waals surface area (Å²) in [7, 11) is 0. The van der Waals surface area contributed by atoms with Crippen LogP contribution in [0.2, 0.25) is 0 Å². The third-order valence-electron chi connectivity index (χ3n) is 1.89. The predicted octanol–water partition coefficient (Wildman–Crippen LogP) is 2.94. The largest absolute Gasteiger partial charge is 0.483 e. The van der Waals surface area contributed by atoms with Crippen LogP contribution in [0.4, 0.5) is 0 Å². The Morgan fingerprint density at radius 1 is 1.57 bits per heavy atom. The number of benzene rings is 1. The maximum absolute atomic E-state index is 10.6. The summed E-state index contributed by atoms with van der Waals surface area (Å²) in [5, 5.41) is 0.794. The lowest BCUT2D eigenvalue weighted by atomic mass is 10.2. The van der Waals surface area contributed by atoms with Crippen molar-refractivity contribution in [2.75, 3.05) is 0 Å². The zero-order valence-electron chi connectivity index (χ0n) is 8.07. The maximum atomic E-state index is 10.6. The second kappa shape index (κ2) is 5.81. The standard InChI is InChI=1S/C11H13BrO2/c1-2-10(8-13)14-11-5-3-4-9(6-11)7-12/h3-6,8,10H,2,7H2,1H3/t10-/m0/s1. The molecule has 0 aromatic heterocycles. The van der Waals surface area contributed by atoms with Crippen LogP contribution >= 0.6 is 15.9 Å². The van der Waals surface area contributed by atoms with Crippen LogP contribution in [0, 0.1) is 0 Å². The van der Waals surface area contributed by atoms with Gasteiger partial charge in [-0.2, -0.15) is 0 Å². The van der Waals surface area contributed by atoms with Crippen molar-refractivity contribution in [2.24, 2.45) is 0 Å². The monoisotopic (exact) mass is 256 g/mol. The van der Waals surface area contributed by atoms with Crippen molar-refractivity contribution in [3.63, 3.8) is 0 Å². The molecular formula is C11H13BrO2. The van der Waals surface area contributed by atoms with Gasteiger partial charge in [-0.25, -0.2) is 0 Å². The first-order valence-electron chi connectivity index (χ1n) is 4.57. The van der Waals surface area contributed by atoms with Crippen LogP contribution in [0.25, 0.3) is 0 Å². The van der Waals surface area contributed by atoms with Crippen molar-refractivity contribution in [3.8, 4) is 5.75 Å². The number of carbonyl (C=O) groups excluding carboxylic acids is 1. The van der Waals surface area contributed by atoms with E-state index >= 15 is 0 Å². The number of rotatable bonds is 5. The van der Waals surface area contributed by atoms with Crippen LogP contribution < -0.4 is 4.74 Å². The minimum atomic E-state index is -0.333. The predicted molar refractivity (Wildman–Crippen MR) is 59.8 cm³/mol. The molecule has 0 saturated heterocycles. The first-order valence-corrected chi connectivity index (χ1v) is 5.69. The van der Waals surface area contributed by atoms with Crippen LogP contribution in [-0.2, 0) is 10.1 Å².